The van der Waals surface area contributed by atoms with Crippen LogP contribution in [0.2, 0.25) is 5.15 Å². The van der Waals surface area contributed by atoms with Gasteiger partial charge in [0, 0.05) is 6.20 Å². The molecule has 0 saturated heterocycles. The van der Waals surface area contributed by atoms with Crippen molar-refractivity contribution < 1.29 is 10.0 Å². The summed E-state index contributed by atoms with van der Waals surface area (Å²) in [5, 5.41) is 17.4. The second-order valence-electron chi connectivity index (χ2n) is 2.19. The van der Waals surface area contributed by atoms with Crippen molar-refractivity contribution in [3.05, 3.63) is 35.0 Å². The fraction of sp³-hybridized carbons (Fsp3) is 0. The largest absolute Gasteiger partial charge is 0.480 e. The van der Waals surface area contributed by atoms with E-state index in [2.05, 4.69) is 4.98 Å². The molecule has 12 heavy (non-hydrogen) atoms. The second kappa shape index (κ2) is 4.26. The van der Waals surface area contributed by atoms with Gasteiger partial charge in [-0.15, -0.1) is 0 Å². The van der Waals surface area contributed by atoms with E-state index < -0.39 is 7.12 Å². The molecular weight excluding hydrogens is 176 g/mol. The standard InChI is InChI=1S/C7H7BClNO2/c9-7-2-1-6(5-10-7)3-4-8(11)12/h1-5,11-12H/b4-3+. The summed E-state index contributed by atoms with van der Waals surface area (Å²) in [7, 11) is -1.43. The Kier molecular flexibility index (Phi) is 3.28. The summed E-state index contributed by atoms with van der Waals surface area (Å²) in [5.74, 6) is 1.24. The molecule has 0 fully saturated rings. The maximum absolute atomic E-state index is 8.49. The Labute approximate surface area is 75.5 Å². The van der Waals surface area contributed by atoms with Crippen LogP contribution in [0.4, 0.5) is 0 Å². The molecular formula is C7H7BClNO2. The third kappa shape index (κ3) is 3.05. The molecule has 0 aromatic carbocycles. The predicted octanol–water partition coefficient (Wildman–Crippen LogP) is 0.760. The van der Waals surface area contributed by atoms with Gasteiger partial charge in [0.25, 0.3) is 0 Å². The van der Waals surface area contributed by atoms with Gasteiger partial charge in [-0.3, -0.25) is 0 Å². The highest BCUT2D eigenvalue weighted by Gasteiger charge is 1.97. The maximum atomic E-state index is 8.49. The third-order valence-corrected chi connectivity index (χ3v) is 1.43. The summed E-state index contributed by atoms with van der Waals surface area (Å²) < 4.78 is 0. The van der Waals surface area contributed by atoms with Gasteiger partial charge in [-0.2, -0.15) is 0 Å². The van der Waals surface area contributed by atoms with E-state index in [1.807, 2.05) is 0 Å². The Morgan fingerprint density at radius 2 is 2.17 bits per heavy atom. The summed E-state index contributed by atoms with van der Waals surface area (Å²) in [6.45, 7) is 0. The van der Waals surface area contributed by atoms with Crippen molar-refractivity contribution in [2.75, 3.05) is 0 Å². The summed E-state index contributed by atoms with van der Waals surface area (Å²) in [6, 6.07) is 3.36. The minimum absolute atomic E-state index is 0.414. The van der Waals surface area contributed by atoms with Crippen LogP contribution in [0.5, 0.6) is 0 Å². The molecule has 0 saturated carbocycles. The van der Waals surface area contributed by atoms with Crippen molar-refractivity contribution in [1.29, 1.82) is 0 Å². The predicted molar refractivity (Wildman–Crippen MR) is 48.5 cm³/mol. The smallest absolute Gasteiger partial charge is 0.424 e. The van der Waals surface area contributed by atoms with Crippen LogP contribution < -0.4 is 0 Å². The molecule has 1 aromatic rings. The number of hydrogen-bond acceptors (Lipinski definition) is 3. The molecule has 1 aromatic heterocycles. The molecule has 0 unspecified atom stereocenters. The zero-order valence-electron chi connectivity index (χ0n) is 6.18. The van der Waals surface area contributed by atoms with Crippen LogP contribution in [-0.2, 0) is 0 Å². The van der Waals surface area contributed by atoms with Gasteiger partial charge in [0.2, 0.25) is 0 Å². The van der Waals surface area contributed by atoms with Gasteiger partial charge in [-0.1, -0.05) is 29.7 Å². The normalized spacial score (nSPS) is 10.6. The van der Waals surface area contributed by atoms with Crippen molar-refractivity contribution in [3.63, 3.8) is 0 Å². The quantitative estimate of drug-likeness (QED) is 0.526. The van der Waals surface area contributed by atoms with Gasteiger partial charge in [0.15, 0.2) is 0 Å². The highest BCUT2D eigenvalue weighted by Crippen LogP contribution is 2.06. The average molecular weight is 183 g/mol. The molecule has 0 aliphatic carbocycles. The summed E-state index contributed by atoms with van der Waals surface area (Å²) in [4.78, 5) is 3.81. The monoisotopic (exact) mass is 183 g/mol. The lowest BCUT2D eigenvalue weighted by Crippen LogP contribution is -2.05. The second-order valence-corrected chi connectivity index (χ2v) is 2.57. The first-order chi connectivity index (χ1) is 5.68. The zero-order chi connectivity index (χ0) is 8.97. The Balaban J connectivity index is 2.71. The summed E-state index contributed by atoms with van der Waals surface area (Å²) in [5.41, 5.74) is 0.771. The molecule has 0 atom stereocenters. The Morgan fingerprint density at radius 1 is 1.42 bits per heavy atom. The molecule has 62 valence electrons. The van der Waals surface area contributed by atoms with Crippen molar-refractivity contribution in [3.8, 4) is 0 Å². The third-order valence-electron chi connectivity index (χ3n) is 1.21. The molecule has 0 spiro atoms. The van der Waals surface area contributed by atoms with E-state index in [-0.39, 0.29) is 0 Å². The zero-order valence-corrected chi connectivity index (χ0v) is 6.94. The molecule has 0 amide bonds. The fourth-order valence-corrected chi connectivity index (χ4v) is 0.795. The Morgan fingerprint density at radius 3 is 2.67 bits per heavy atom. The van der Waals surface area contributed by atoms with Crippen LogP contribution >= 0.6 is 11.6 Å². The summed E-state index contributed by atoms with van der Waals surface area (Å²) in [6.07, 6.45) is 3.09. The van der Waals surface area contributed by atoms with Gasteiger partial charge in [-0.05, 0) is 11.6 Å². The van der Waals surface area contributed by atoms with Gasteiger partial charge >= 0.3 is 7.12 Å². The van der Waals surface area contributed by atoms with Crippen LogP contribution in [-0.4, -0.2) is 22.2 Å². The molecule has 2 N–H and O–H groups in total. The lowest BCUT2D eigenvalue weighted by molar-refractivity contribution is 0.424. The van der Waals surface area contributed by atoms with E-state index in [1.54, 1.807) is 24.4 Å². The first kappa shape index (κ1) is 9.25. The number of rotatable bonds is 2. The minimum atomic E-state index is -1.43. The molecule has 0 aliphatic rings. The van der Waals surface area contributed by atoms with E-state index in [9.17, 15) is 0 Å². The van der Waals surface area contributed by atoms with Crippen molar-refractivity contribution >= 4 is 24.8 Å². The van der Waals surface area contributed by atoms with Gasteiger partial charge in [-0.25, -0.2) is 4.98 Å². The number of pyridine rings is 1. The van der Waals surface area contributed by atoms with E-state index in [1.165, 1.54) is 5.98 Å². The number of hydrogen-bond donors (Lipinski definition) is 2. The number of nitrogens with zero attached hydrogens (tertiary/aromatic N) is 1. The Bertz CT molecular complexity index is 273. The van der Waals surface area contributed by atoms with Crippen LogP contribution in [0, 0.1) is 0 Å². The first-order valence-corrected chi connectivity index (χ1v) is 3.72. The first-order valence-electron chi connectivity index (χ1n) is 3.34. The topological polar surface area (TPSA) is 53.4 Å². The lowest BCUT2D eigenvalue weighted by atomic mass is 9.91. The van der Waals surface area contributed by atoms with Crippen LogP contribution in [0.25, 0.3) is 6.08 Å². The Hall–Kier alpha value is -0.835. The van der Waals surface area contributed by atoms with E-state index in [0.29, 0.717) is 5.15 Å². The van der Waals surface area contributed by atoms with Gasteiger partial charge in [0.05, 0.1) is 0 Å². The highest BCUT2D eigenvalue weighted by atomic mass is 35.5. The molecule has 0 aliphatic heterocycles. The summed E-state index contributed by atoms with van der Waals surface area (Å²) >= 11 is 5.54. The van der Waals surface area contributed by atoms with E-state index in [0.717, 1.165) is 5.56 Å². The highest BCUT2D eigenvalue weighted by molar-refractivity contribution is 6.48. The average Bonchev–Trinajstić information content (AvgIpc) is 2.03. The van der Waals surface area contributed by atoms with Gasteiger partial charge < -0.3 is 10.0 Å². The SMILES string of the molecule is OB(O)/C=C/c1ccc(Cl)nc1. The molecule has 1 rings (SSSR count). The molecule has 1 heterocycles. The molecule has 3 nitrogen and oxygen atoms in total. The maximum Gasteiger partial charge on any atom is 0.480 e. The minimum Gasteiger partial charge on any atom is -0.424 e. The van der Waals surface area contributed by atoms with E-state index in [4.69, 9.17) is 21.6 Å². The molecule has 0 radical (unpaired) electrons. The number of halogens is 1. The van der Waals surface area contributed by atoms with Crippen molar-refractivity contribution in [2.45, 2.75) is 0 Å². The lowest BCUT2D eigenvalue weighted by Gasteiger charge is -1.92. The molecule has 0 bridgehead atoms. The number of aromatic nitrogens is 1. The fourth-order valence-electron chi connectivity index (χ4n) is 0.683. The van der Waals surface area contributed by atoms with Gasteiger partial charge in [0.1, 0.15) is 5.15 Å². The van der Waals surface area contributed by atoms with Crippen LogP contribution in [0.1, 0.15) is 5.56 Å². The molecule has 5 heteroatoms. The van der Waals surface area contributed by atoms with Crippen molar-refractivity contribution in [2.24, 2.45) is 0 Å². The van der Waals surface area contributed by atoms with Crippen molar-refractivity contribution in [1.82, 2.24) is 4.98 Å². The van der Waals surface area contributed by atoms with E-state index >= 15 is 0 Å². The van der Waals surface area contributed by atoms with Crippen LogP contribution in [0.3, 0.4) is 0 Å². The van der Waals surface area contributed by atoms with Crippen LogP contribution in [0.15, 0.2) is 24.3 Å².